The molecule has 0 fully saturated rings. The fraction of sp³-hybridized carbons (Fsp3) is 1.00. The summed E-state index contributed by atoms with van der Waals surface area (Å²) in [5, 5.41) is 0. The molecule has 12 heavy (non-hydrogen) atoms. The van der Waals surface area contributed by atoms with E-state index in [2.05, 4.69) is 54.2 Å². The zero-order chi connectivity index (χ0) is 9.99. The van der Waals surface area contributed by atoms with Crippen molar-refractivity contribution in [1.82, 2.24) is 0 Å². The summed E-state index contributed by atoms with van der Waals surface area (Å²) in [5.41, 5.74) is 0.744. The first kappa shape index (κ1) is 12.3. The van der Waals surface area contributed by atoms with E-state index < -0.39 is 0 Å². The van der Waals surface area contributed by atoms with Gasteiger partial charge in [0, 0.05) is 0 Å². The number of thiol groups is 1. The Morgan fingerprint density at radius 2 is 1.58 bits per heavy atom. The molecule has 0 rings (SSSR count). The average molecular weight is 188 g/mol. The maximum Gasteiger partial charge on any atom is -0.00362 e. The van der Waals surface area contributed by atoms with Crippen LogP contribution in [-0.2, 0) is 0 Å². The monoisotopic (exact) mass is 188 g/mol. The first-order valence-corrected chi connectivity index (χ1v) is 5.56. The first-order valence-electron chi connectivity index (χ1n) is 4.92. The van der Waals surface area contributed by atoms with Crippen LogP contribution in [0.2, 0.25) is 0 Å². The zero-order valence-corrected chi connectivity index (χ0v) is 10.3. The second-order valence-electron chi connectivity index (χ2n) is 4.97. The Bertz CT molecular complexity index is 138. The standard InChI is InChI=1S/C11H24S/c1-7-10(4,5)11(6,8-12)9(2)3/h9,12H,7-8H2,1-6H3. The highest BCUT2D eigenvalue weighted by molar-refractivity contribution is 7.80. The van der Waals surface area contributed by atoms with E-state index in [0.29, 0.717) is 16.7 Å². The third-order valence-corrected chi connectivity index (χ3v) is 4.69. The molecule has 0 saturated carbocycles. The number of hydrogen-bond donors (Lipinski definition) is 1. The lowest BCUT2D eigenvalue weighted by Gasteiger charge is -2.46. The zero-order valence-electron chi connectivity index (χ0n) is 9.44. The van der Waals surface area contributed by atoms with E-state index in [9.17, 15) is 0 Å². The van der Waals surface area contributed by atoms with Gasteiger partial charge in [0.1, 0.15) is 0 Å². The van der Waals surface area contributed by atoms with Crippen molar-refractivity contribution in [2.24, 2.45) is 16.7 Å². The van der Waals surface area contributed by atoms with Crippen LogP contribution in [0, 0.1) is 16.7 Å². The lowest BCUT2D eigenvalue weighted by Crippen LogP contribution is -2.40. The molecular formula is C11H24S. The highest BCUT2D eigenvalue weighted by Gasteiger charge is 2.40. The fourth-order valence-electron chi connectivity index (χ4n) is 1.58. The Kier molecular flexibility index (Phi) is 4.16. The van der Waals surface area contributed by atoms with Crippen LogP contribution in [0.3, 0.4) is 0 Å². The molecule has 0 aromatic carbocycles. The van der Waals surface area contributed by atoms with E-state index in [-0.39, 0.29) is 0 Å². The van der Waals surface area contributed by atoms with Gasteiger partial charge >= 0.3 is 0 Å². The first-order chi connectivity index (χ1) is 5.31. The van der Waals surface area contributed by atoms with Gasteiger partial charge in [0.05, 0.1) is 0 Å². The van der Waals surface area contributed by atoms with Crippen molar-refractivity contribution in [2.45, 2.75) is 48.0 Å². The average Bonchev–Trinajstić information content (AvgIpc) is 2.02. The van der Waals surface area contributed by atoms with Crippen LogP contribution in [-0.4, -0.2) is 5.75 Å². The van der Waals surface area contributed by atoms with Crippen molar-refractivity contribution < 1.29 is 0 Å². The minimum atomic E-state index is 0.352. The van der Waals surface area contributed by atoms with Crippen molar-refractivity contribution in [1.29, 1.82) is 0 Å². The maximum absolute atomic E-state index is 4.49. The maximum atomic E-state index is 4.49. The summed E-state index contributed by atoms with van der Waals surface area (Å²) in [7, 11) is 0. The largest absolute Gasteiger partial charge is 0.179 e. The summed E-state index contributed by atoms with van der Waals surface area (Å²) >= 11 is 4.49. The van der Waals surface area contributed by atoms with Crippen LogP contribution in [0.5, 0.6) is 0 Å². The van der Waals surface area contributed by atoms with E-state index in [4.69, 9.17) is 0 Å². The Labute approximate surface area is 83.5 Å². The Morgan fingerprint density at radius 1 is 1.17 bits per heavy atom. The van der Waals surface area contributed by atoms with Gasteiger partial charge in [-0.15, -0.1) is 0 Å². The predicted molar refractivity (Wildman–Crippen MR) is 60.9 cm³/mol. The minimum absolute atomic E-state index is 0.352. The molecule has 0 bridgehead atoms. The Balaban J connectivity index is 4.74. The third-order valence-electron chi connectivity index (χ3n) is 4.03. The SMILES string of the molecule is CCC(C)(C)C(C)(CS)C(C)C. The van der Waals surface area contributed by atoms with Gasteiger partial charge in [0.2, 0.25) is 0 Å². The molecule has 0 aliphatic heterocycles. The van der Waals surface area contributed by atoms with Gasteiger partial charge in [-0.05, 0) is 22.5 Å². The summed E-state index contributed by atoms with van der Waals surface area (Å²) < 4.78 is 0. The van der Waals surface area contributed by atoms with Crippen LogP contribution in [0.25, 0.3) is 0 Å². The summed E-state index contributed by atoms with van der Waals surface area (Å²) in [6.07, 6.45) is 1.22. The normalized spacial score (nSPS) is 18.0. The van der Waals surface area contributed by atoms with E-state index in [1.54, 1.807) is 0 Å². The summed E-state index contributed by atoms with van der Waals surface area (Å²) in [4.78, 5) is 0. The lowest BCUT2D eigenvalue weighted by atomic mass is 9.61. The van der Waals surface area contributed by atoms with E-state index in [1.165, 1.54) is 6.42 Å². The summed E-state index contributed by atoms with van der Waals surface area (Å²) in [6, 6.07) is 0. The molecule has 0 amide bonds. The second-order valence-corrected chi connectivity index (χ2v) is 5.28. The van der Waals surface area contributed by atoms with Crippen molar-refractivity contribution in [3.63, 3.8) is 0 Å². The molecular weight excluding hydrogens is 164 g/mol. The van der Waals surface area contributed by atoms with E-state index in [0.717, 1.165) is 5.75 Å². The van der Waals surface area contributed by atoms with Gasteiger partial charge in [0.25, 0.3) is 0 Å². The van der Waals surface area contributed by atoms with Gasteiger partial charge in [0.15, 0.2) is 0 Å². The third kappa shape index (κ3) is 1.99. The molecule has 0 nitrogen and oxygen atoms in total. The van der Waals surface area contributed by atoms with Crippen LogP contribution < -0.4 is 0 Å². The summed E-state index contributed by atoms with van der Waals surface area (Å²) in [5.74, 6) is 1.68. The molecule has 1 atom stereocenters. The number of rotatable bonds is 4. The van der Waals surface area contributed by atoms with Crippen LogP contribution in [0.15, 0.2) is 0 Å². The molecule has 0 aliphatic carbocycles. The van der Waals surface area contributed by atoms with E-state index >= 15 is 0 Å². The fourth-order valence-corrected chi connectivity index (χ4v) is 2.38. The minimum Gasteiger partial charge on any atom is -0.179 e. The molecule has 0 spiro atoms. The molecule has 0 heterocycles. The van der Waals surface area contributed by atoms with Crippen molar-refractivity contribution in [3.05, 3.63) is 0 Å². The highest BCUT2D eigenvalue weighted by atomic mass is 32.1. The molecule has 0 aliphatic rings. The van der Waals surface area contributed by atoms with Crippen molar-refractivity contribution in [2.75, 3.05) is 5.75 Å². The van der Waals surface area contributed by atoms with Gasteiger partial charge < -0.3 is 0 Å². The smallest absolute Gasteiger partial charge is 0.00362 e. The molecule has 0 radical (unpaired) electrons. The predicted octanol–water partition coefficient (Wildman–Crippen LogP) is 4.01. The van der Waals surface area contributed by atoms with Crippen molar-refractivity contribution >= 4 is 12.6 Å². The lowest BCUT2D eigenvalue weighted by molar-refractivity contribution is 0.0580. The van der Waals surface area contributed by atoms with E-state index in [1.807, 2.05) is 0 Å². The van der Waals surface area contributed by atoms with Crippen molar-refractivity contribution in [3.8, 4) is 0 Å². The van der Waals surface area contributed by atoms with Crippen LogP contribution in [0.1, 0.15) is 48.0 Å². The summed E-state index contributed by atoms with van der Waals surface area (Å²) in [6.45, 7) is 13.9. The Hall–Kier alpha value is 0.350. The number of hydrogen-bond acceptors (Lipinski definition) is 1. The molecule has 0 saturated heterocycles. The van der Waals surface area contributed by atoms with Gasteiger partial charge in [-0.2, -0.15) is 12.6 Å². The second kappa shape index (κ2) is 4.04. The highest BCUT2D eigenvalue weighted by Crippen LogP contribution is 2.47. The quantitative estimate of drug-likeness (QED) is 0.633. The molecule has 0 aromatic heterocycles. The van der Waals surface area contributed by atoms with Gasteiger partial charge in [-0.1, -0.05) is 48.0 Å². The van der Waals surface area contributed by atoms with Crippen LogP contribution >= 0.6 is 12.6 Å². The molecule has 0 aromatic rings. The molecule has 1 heteroatoms. The molecule has 74 valence electrons. The molecule has 0 N–H and O–H groups in total. The van der Waals surface area contributed by atoms with Gasteiger partial charge in [-0.3, -0.25) is 0 Å². The Morgan fingerprint density at radius 3 is 1.67 bits per heavy atom. The topological polar surface area (TPSA) is 0 Å². The molecule has 1 unspecified atom stereocenters. The van der Waals surface area contributed by atoms with Gasteiger partial charge in [-0.25, -0.2) is 0 Å². The van der Waals surface area contributed by atoms with Crippen LogP contribution in [0.4, 0.5) is 0 Å².